The zero-order valence-corrected chi connectivity index (χ0v) is 14.2. The molecule has 1 aromatic rings. The van der Waals surface area contributed by atoms with Crippen LogP contribution in [-0.2, 0) is 0 Å². The lowest BCUT2D eigenvalue weighted by atomic mass is 9.87. The Hall–Kier alpha value is -3.24. The lowest BCUT2D eigenvalue weighted by Crippen LogP contribution is -2.58. The number of nitro groups is 2. The third-order valence-corrected chi connectivity index (χ3v) is 4.84. The van der Waals surface area contributed by atoms with Crippen LogP contribution < -0.4 is 16.4 Å². The summed E-state index contributed by atoms with van der Waals surface area (Å²) in [5, 5.41) is 22.8. The number of nitro benzene ring substituents is 2. The number of aliphatic imine (C=N–C) groups is 2. The van der Waals surface area contributed by atoms with E-state index in [4.69, 9.17) is 11.5 Å². The highest BCUT2D eigenvalue weighted by Crippen LogP contribution is 2.42. The van der Waals surface area contributed by atoms with Crippen LogP contribution in [-0.4, -0.2) is 27.4 Å². The van der Waals surface area contributed by atoms with E-state index < -0.39 is 15.5 Å². The van der Waals surface area contributed by atoms with Crippen LogP contribution in [0.5, 0.6) is 0 Å². The van der Waals surface area contributed by atoms with Gasteiger partial charge in [0.05, 0.1) is 15.5 Å². The molecule has 1 heterocycles. The first-order valence-corrected chi connectivity index (χ1v) is 8.18. The first kappa shape index (κ1) is 17.6. The highest BCUT2D eigenvalue weighted by atomic mass is 16.6. The minimum Gasteiger partial charge on any atom is -0.369 e. The highest BCUT2D eigenvalue weighted by Gasteiger charge is 2.43. The topological polar surface area (TPSA) is 166 Å². The van der Waals surface area contributed by atoms with Crippen molar-refractivity contribution in [1.29, 1.82) is 0 Å². The van der Waals surface area contributed by atoms with Gasteiger partial charge in [-0.05, 0) is 32.6 Å². The van der Waals surface area contributed by atoms with Crippen molar-refractivity contribution in [3.63, 3.8) is 0 Å². The lowest BCUT2D eigenvalue weighted by molar-refractivity contribution is -0.395. The Morgan fingerprint density at radius 3 is 2.12 bits per heavy atom. The van der Waals surface area contributed by atoms with Gasteiger partial charge >= 0.3 is 0 Å². The molecule has 26 heavy (non-hydrogen) atoms. The number of nitrogens with zero attached hydrogens (tertiary/aromatic N) is 5. The second-order valence-corrected chi connectivity index (χ2v) is 6.44. The van der Waals surface area contributed by atoms with E-state index in [1.165, 1.54) is 19.1 Å². The zero-order chi connectivity index (χ0) is 19.1. The molecule has 0 amide bonds. The van der Waals surface area contributed by atoms with Crippen LogP contribution in [0.3, 0.4) is 0 Å². The van der Waals surface area contributed by atoms with Crippen molar-refractivity contribution < 1.29 is 9.85 Å². The summed E-state index contributed by atoms with van der Waals surface area (Å²) in [6.07, 6.45) is 4.02. The van der Waals surface area contributed by atoms with Crippen molar-refractivity contribution in [3.05, 3.63) is 37.9 Å². The maximum atomic E-state index is 11.4. The summed E-state index contributed by atoms with van der Waals surface area (Å²) in [5.41, 5.74) is 10.5. The summed E-state index contributed by atoms with van der Waals surface area (Å²) in [7, 11) is 0. The molecular formula is C15H19N7O4. The average Bonchev–Trinajstić information content (AvgIpc) is 2.55. The summed E-state index contributed by atoms with van der Waals surface area (Å²) in [6, 6.07) is 2.55. The van der Waals surface area contributed by atoms with Gasteiger partial charge in [0.2, 0.25) is 11.9 Å². The maximum absolute atomic E-state index is 11.4. The van der Waals surface area contributed by atoms with Gasteiger partial charge in [-0.1, -0.05) is 6.42 Å². The SMILES string of the molecule is Cc1c([N+](=O)[O-])cc(N2C(N)=NC(N)=NC23CCCCC3)cc1[N+](=O)[O-]. The molecule has 0 saturated heterocycles. The largest absolute Gasteiger partial charge is 0.369 e. The molecule has 4 N–H and O–H groups in total. The minimum atomic E-state index is -0.828. The van der Waals surface area contributed by atoms with Crippen LogP contribution in [0.15, 0.2) is 22.1 Å². The van der Waals surface area contributed by atoms with E-state index in [9.17, 15) is 20.2 Å². The Bertz CT molecular complexity index is 807. The fraction of sp³-hybridized carbons (Fsp3) is 0.467. The van der Waals surface area contributed by atoms with Crippen LogP contribution in [0.1, 0.15) is 37.7 Å². The number of hydrogen-bond acceptors (Lipinski definition) is 9. The summed E-state index contributed by atoms with van der Waals surface area (Å²) < 4.78 is 0. The van der Waals surface area contributed by atoms with Crippen LogP contribution in [0, 0.1) is 27.2 Å². The van der Waals surface area contributed by atoms with Gasteiger partial charge < -0.3 is 11.5 Å². The third-order valence-electron chi connectivity index (χ3n) is 4.84. The molecule has 0 bridgehead atoms. The molecule has 3 rings (SSSR count). The number of guanidine groups is 2. The number of hydrogen-bond donors (Lipinski definition) is 2. The van der Waals surface area contributed by atoms with Crippen molar-refractivity contribution in [2.75, 3.05) is 4.90 Å². The maximum Gasteiger partial charge on any atom is 0.281 e. The number of anilines is 1. The van der Waals surface area contributed by atoms with Crippen molar-refractivity contribution in [1.82, 2.24) is 0 Å². The van der Waals surface area contributed by atoms with Gasteiger partial charge in [-0.25, -0.2) is 4.99 Å². The molecule has 11 heteroatoms. The molecule has 1 aliphatic heterocycles. The quantitative estimate of drug-likeness (QED) is 0.612. The first-order valence-electron chi connectivity index (χ1n) is 8.18. The molecule has 0 unspecified atom stereocenters. The van der Waals surface area contributed by atoms with E-state index in [1.54, 1.807) is 4.90 Å². The van der Waals surface area contributed by atoms with Crippen molar-refractivity contribution in [2.24, 2.45) is 21.5 Å². The number of benzene rings is 1. The van der Waals surface area contributed by atoms with Crippen molar-refractivity contribution in [3.8, 4) is 0 Å². The van der Waals surface area contributed by atoms with Gasteiger partial charge in [0, 0.05) is 12.1 Å². The van der Waals surface area contributed by atoms with Crippen LogP contribution >= 0.6 is 0 Å². The first-order chi connectivity index (χ1) is 12.2. The predicted octanol–water partition coefficient (Wildman–Crippen LogP) is 1.92. The Morgan fingerprint density at radius 1 is 1.08 bits per heavy atom. The van der Waals surface area contributed by atoms with Gasteiger partial charge in [-0.15, -0.1) is 0 Å². The minimum absolute atomic E-state index is 0.0167. The third kappa shape index (κ3) is 2.80. The molecule has 1 aliphatic carbocycles. The Labute approximate surface area is 148 Å². The van der Waals surface area contributed by atoms with E-state index in [-0.39, 0.29) is 34.5 Å². The van der Waals surface area contributed by atoms with E-state index in [0.29, 0.717) is 12.8 Å². The molecule has 2 aliphatic rings. The summed E-state index contributed by atoms with van der Waals surface area (Å²) in [5.74, 6) is 0.0589. The van der Waals surface area contributed by atoms with Crippen LogP contribution in [0.2, 0.25) is 0 Å². The van der Waals surface area contributed by atoms with E-state index in [1.807, 2.05) is 0 Å². The molecule has 1 spiro atoms. The van der Waals surface area contributed by atoms with Crippen molar-refractivity contribution in [2.45, 2.75) is 44.7 Å². The monoisotopic (exact) mass is 361 g/mol. The normalized spacial score (nSPS) is 19.0. The predicted molar refractivity (Wildman–Crippen MR) is 96.0 cm³/mol. The number of rotatable bonds is 3. The van der Waals surface area contributed by atoms with E-state index in [2.05, 4.69) is 9.98 Å². The van der Waals surface area contributed by atoms with Crippen LogP contribution in [0.25, 0.3) is 0 Å². The lowest BCUT2D eigenvalue weighted by Gasteiger charge is -2.45. The summed E-state index contributed by atoms with van der Waals surface area (Å²) in [6.45, 7) is 1.35. The van der Waals surface area contributed by atoms with E-state index in [0.717, 1.165) is 19.3 Å². The fourth-order valence-electron chi connectivity index (χ4n) is 3.67. The molecule has 1 aromatic carbocycles. The Morgan fingerprint density at radius 2 is 1.62 bits per heavy atom. The molecule has 1 fully saturated rings. The standard InChI is InChI=1S/C15H19N7O4/c1-9-11(21(23)24)7-10(8-12(9)22(25)26)20-14(17)18-13(16)19-15(20)5-3-2-4-6-15/h7-8H,2-6H2,1H3,(H4,16,17,18,19). The second kappa shape index (κ2) is 6.24. The molecule has 0 aromatic heterocycles. The smallest absolute Gasteiger partial charge is 0.281 e. The second-order valence-electron chi connectivity index (χ2n) is 6.44. The van der Waals surface area contributed by atoms with Gasteiger partial charge in [0.25, 0.3) is 11.4 Å². The van der Waals surface area contributed by atoms with Crippen LogP contribution in [0.4, 0.5) is 17.1 Å². The Balaban J connectivity index is 2.21. The highest BCUT2D eigenvalue weighted by molar-refractivity contribution is 6.06. The molecule has 0 radical (unpaired) electrons. The molecular weight excluding hydrogens is 342 g/mol. The fourth-order valence-corrected chi connectivity index (χ4v) is 3.67. The molecule has 0 atom stereocenters. The molecule has 138 valence electrons. The summed E-state index contributed by atoms with van der Waals surface area (Å²) >= 11 is 0. The zero-order valence-electron chi connectivity index (χ0n) is 14.2. The van der Waals surface area contributed by atoms with Gasteiger partial charge in [-0.3, -0.25) is 25.1 Å². The van der Waals surface area contributed by atoms with Gasteiger partial charge in [-0.2, -0.15) is 4.99 Å². The Kier molecular flexibility index (Phi) is 4.22. The molecule has 11 nitrogen and oxygen atoms in total. The average molecular weight is 361 g/mol. The number of nitrogens with two attached hydrogens (primary N) is 2. The summed E-state index contributed by atoms with van der Waals surface area (Å²) in [4.78, 5) is 31.5. The van der Waals surface area contributed by atoms with Gasteiger partial charge in [0.1, 0.15) is 11.2 Å². The molecule has 1 saturated carbocycles. The van der Waals surface area contributed by atoms with Crippen molar-refractivity contribution >= 4 is 29.0 Å². The van der Waals surface area contributed by atoms with E-state index >= 15 is 0 Å². The van der Waals surface area contributed by atoms with Gasteiger partial charge in [0.15, 0.2) is 0 Å².